The maximum atomic E-state index is 12.4. The van der Waals surface area contributed by atoms with E-state index in [-0.39, 0.29) is 5.91 Å². The predicted molar refractivity (Wildman–Crippen MR) is 123 cm³/mol. The summed E-state index contributed by atoms with van der Waals surface area (Å²) in [6, 6.07) is 5.62. The van der Waals surface area contributed by atoms with Crippen molar-refractivity contribution in [2.24, 2.45) is 0 Å². The Hall–Kier alpha value is -2.10. The van der Waals surface area contributed by atoms with Crippen LogP contribution < -0.4 is 10.2 Å². The fourth-order valence-corrected chi connectivity index (χ4v) is 4.07. The number of carbonyl (C=O) groups excluding carboxylic acids is 1. The van der Waals surface area contributed by atoms with Crippen LogP contribution in [0.25, 0.3) is 0 Å². The fourth-order valence-electron chi connectivity index (χ4n) is 3.30. The number of rotatable bonds is 11. The van der Waals surface area contributed by atoms with Crippen LogP contribution in [0.2, 0.25) is 0 Å². The Bertz CT molecular complexity index is 838. The molecule has 8 nitrogen and oxygen atoms in total. The summed E-state index contributed by atoms with van der Waals surface area (Å²) in [6.45, 7) is 9.95. The molecule has 0 unspecified atom stereocenters. The summed E-state index contributed by atoms with van der Waals surface area (Å²) in [4.78, 5) is 26.1. The third-order valence-electron chi connectivity index (χ3n) is 5.10. The van der Waals surface area contributed by atoms with Gasteiger partial charge in [0.25, 0.3) is 5.91 Å². The highest BCUT2D eigenvalue weighted by Crippen LogP contribution is 2.24. The minimum atomic E-state index is -0.183. The number of carbonyl (C=O) groups is 1. The van der Waals surface area contributed by atoms with Gasteiger partial charge in [0.2, 0.25) is 0 Å². The van der Waals surface area contributed by atoms with Crippen molar-refractivity contribution in [3.8, 4) is 0 Å². The van der Waals surface area contributed by atoms with Crippen molar-refractivity contribution in [3.63, 3.8) is 0 Å². The summed E-state index contributed by atoms with van der Waals surface area (Å²) < 4.78 is 11.1. The summed E-state index contributed by atoms with van der Waals surface area (Å²) in [5.41, 5.74) is 1.02. The smallest absolute Gasteiger partial charge is 0.287 e. The molecule has 2 aromatic heterocycles. The van der Waals surface area contributed by atoms with E-state index in [0.717, 1.165) is 74.7 Å². The van der Waals surface area contributed by atoms with E-state index in [0.29, 0.717) is 18.1 Å². The predicted octanol–water partition coefficient (Wildman–Crippen LogP) is 2.83. The number of aromatic nitrogens is 2. The van der Waals surface area contributed by atoms with E-state index in [4.69, 9.17) is 9.15 Å². The summed E-state index contributed by atoms with van der Waals surface area (Å²) in [6.07, 6.45) is 1.92. The Balaban J connectivity index is 1.51. The van der Waals surface area contributed by atoms with Crippen molar-refractivity contribution in [3.05, 3.63) is 35.4 Å². The van der Waals surface area contributed by atoms with Gasteiger partial charge in [-0.3, -0.25) is 9.69 Å². The van der Waals surface area contributed by atoms with Crippen molar-refractivity contribution in [2.75, 3.05) is 57.9 Å². The summed E-state index contributed by atoms with van der Waals surface area (Å²) >= 11 is 1.52. The van der Waals surface area contributed by atoms with Crippen LogP contribution in [0.15, 0.2) is 27.8 Å². The largest absolute Gasteiger partial charge is 0.455 e. The van der Waals surface area contributed by atoms with E-state index >= 15 is 0 Å². The van der Waals surface area contributed by atoms with Gasteiger partial charge in [0.1, 0.15) is 11.6 Å². The number of amides is 1. The van der Waals surface area contributed by atoms with Gasteiger partial charge in [-0.2, -0.15) is 0 Å². The molecule has 31 heavy (non-hydrogen) atoms. The van der Waals surface area contributed by atoms with Crippen LogP contribution >= 0.6 is 11.8 Å². The molecule has 1 saturated heterocycles. The van der Waals surface area contributed by atoms with Gasteiger partial charge in [0.05, 0.1) is 19.0 Å². The number of nitrogens with one attached hydrogen (secondary N) is 1. The van der Waals surface area contributed by atoms with Crippen molar-refractivity contribution in [2.45, 2.75) is 37.6 Å². The molecule has 0 radical (unpaired) electrons. The average molecular weight is 448 g/mol. The van der Waals surface area contributed by atoms with Gasteiger partial charge in [-0.15, -0.1) is 0 Å². The quantitative estimate of drug-likeness (QED) is 0.416. The Labute approximate surface area is 188 Å². The number of aryl methyl sites for hydroxylation is 1. The van der Waals surface area contributed by atoms with E-state index in [1.54, 1.807) is 6.07 Å². The van der Waals surface area contributed by atoms with E-state index in [9.17, 15) is 4.79 Å². The first kappa shape index (κ1) is 23.6. The molecule has 0 aromatic carbocycles. The lowest BCUT2D eigenvalue weighted by Gasteiger charge is -2.26. The van der Waals surface area contributed by atoms with Crippen LogP contribution in [0.4, 0.5) is 5.82 Å². The normalized spacial score (nSPS) is 14.5. The van der Waals surface area contributed by atoms with Gasteiger partial charge in [-0.05, 0) is 25.0 Å². The Kier molecular flexibility index (Phi) is 9.17. The molecule has 0 spiro atoms. The highest BCUT2D eigenvalue weighted by Gasteiger charge is 2.14. The number of furan rings is 1. The highest BCUT2D eigenvalue weighted by atomic mass is 32.2. The molecular formula is C22H33N5O3S. The second-order valence-corrected chi connectivity index (χ2v) is 8.48. The van der Waals surface area contributed by atoms with Gasteiger partial charge < -0.3 is 19.4 Å². The molecular weight excluding hydrogens is 414 g/mol. The standard InChI is InChI=1S/C22H33N5O3S/c1-4-9-26(3)20-15-17(5-2)24-22(25-20)31-16-18-6-7-19(30-18)21(28)23-8-10-27-11-13-29-14-12-27/h6-7,15H,4-5,8-14,16H2,1-3H3,(H,23,28). The molecule has 0 atom stereocenters. The summed E-state index contributed by atoms with van der Waals surface area (Å²) in [5, 5.41) is 3.66. The van der Waals surface area contributed by atoms with Crippen LogP contribution in [0, 0.1) is 0 Å². The molecule has 0 saturated carbocycles. The van der Waals surface area contributed by atoms with Crippen LogP contribution in [-0.2, 0) is 16.9 Å². The van der Waals surface area contributed by atoms with Gasteiger partial charge in [-0.25, -0.2) is 9.97 Å². The molecule has 0 bridgehead atoms. The van der Waals surface area contributed by atoms with Crippen molar-refractivity contribution in [1.29, 1.82) is 0 Å². The van der Waals surface area contributed by atoms with Crippen LogP contribution in [-0.4, -0.2) is 73.8 Å². The highest BCUT2D eigenvalue weighted by molar-refractivity contribution is 7.98. The molecule has 1 fully saturated rings. The minimum Gasteiger partial charge on any atom is -0.455 e. The third kappa shape index (κ3) is 7.22. The second kappa shape index (κ2) is 12.1. The minimum absolute atomic E-state index is 0.183. The van der Waals surface area contributed by atoms with Crippen molar-refractivity contribution in [1.82, 2.24) is 20.2 Å². The zero-order valence-corrected chi connectivity index (χ0v) is 19.5. The monoisotopic (exact) mass is 447 g/mol. The van der Waals surface area contributed by atoms with Gasteiger partial charge in [0.15, 0.2) is 10.9 Å². The number of hydrogen-bond acceptors (Lipinski definition) is 8. The maximum Gasteiger partial charge on any atom is 0.287 e. The second-order valence-electron chi connectivity index (χ2n) is 7.54. The van der Waals surface area contributed by atoms with Crippen molar-refractivity contribution >= 4 is 23.5 Å². The van der Waals surface area contributed by atoms with Gasteiger partial charge in [-0.1, -0.05) is 25.6 Å². The number of anilines is 1. The molecule has 0 aliphatic carbocycles. The topological polar surface area (TPSA) is 83.7 Å². The molecule has 1 N–H and O–H groups in total. The zero-order valence-electron chi connectivity index (χ0n) is 18.7. The lowest BCUT2D eigenvalue weighted by Crippen LogP contribution is -2.41. The zero-order chi connectivity index (χ0) is 22.1. The Morgan fingerprint density at radius 3 is 2.81 bits per heavy atom. The van der Waals surface area contributed by atoms with Crippen LogP contribution in [0.3, 0.4) is 0 Å². The van der Waals surface area contributed by atoms with E-state index in [1.807, 2.05) is 12.1 Å². The number of thioether (sulfide) groups is 1. The van der Waals surface area contributed by atoms with E-state index in [1.165, 1.54) is 11.8 Å². The molecule has 170 valence electrons. The molecule has 3 rings (SSSR count). The third-order valence-corrected chi connectivity index (χ3v) is 5.97. The van der Waals surface area contributed by atoms with E-state index in [2.05, 4.69) is 46.0 Å². The number of nitrogens with zero attached hydrogens (tertiary/aromatic N) is 4. The number of morpholine rings is 1. The van der Waals surface area contributed by atoms with Crippen molar-refractivity contribution < 1.29 is 13.9 Å². The first-order valence-corrected chi connectivity index (χ1v) is 12.0. The molecule has 1 aliphatic heterocycles. The Morgan fingerprint density at radius 2 is 2.06 bits per heavy atom. The van der Waals surface area contributed by atoms with Crippen LogP contribution in [0.5, 0.6) is 0 Å². The molecule has 1 amide bonds. The van der Waals surface area contributed by atoms with Gasteiger partial charge in [0, 0.05) is 51.5 Å². The lowest BCUT2D eigenvalue weighted by molar-refractivity contribution is 0.0382. The average Bonchev–Trinajstić information content (AvgIpc) is 3.27. The summed E-state index contributed by atoms with van der Waals surface area (Å²) in [7, 11) is 2.05. The molecule has 9 heteroatoms. The SMILES string of the molecule is CCCN(C)c1cc(CC)nc(SCc2ccc(C(=O)NCCN3CCOCC3)o2)n1. The fraction of sp³-hybridized carbons (Fsp3) is 0.591. The van der Waals surface area contributed by atoms with Crippen LogP contribution in [0.1, 0.15) is 42.3 Å². The first-order valence-electron chi connectivity index (χ1n) is 11.0. The first-order chi connectivity index (χ1) is 15.1. The molecule has 1 aliphatic rings. The maximum absolute atomic E-state index is 12.4. The number of ether oxygens (including phenoxy) is 1. The molecule has 3 heterocycles. The van der Waals surface area contributed by atoms with E-state index < -0.39 is 0 Å². The summed E-state index contributed by atoms with van der Waals surface area (Å²) in [5.74, 6) is 2.40. The number of hydrogen-bond donors (Lipinski definition) is 1. The van der Waals surface area contributed by atoms with Gasteiger partial charge >= 0.3 is 0 Å². The molecule has 2 aromatic rings. The Morgan fingerprint density at radius 1 is 1.26 bits per heavy atom. The lowest BCUT2D eigenvalue weighted by atomic mass is 10.3.